The van der Waals surface area contributed by atoms with Gasteiger partial charge in [0, 0.05) is 31.3 Å². The van der Waals surface area contributed by atoms with E-state index in [-0.39, 0.29) is 11.8 Å². The molecule has 10 nitrogen and oxygen atoms in total. The van der Waals surface area contributed by atoms with Crippen LogP contribution in [0.25, 0.3) is 11.3 Å². The molecule has 0 spiro atoms. The van der Waals surface area contributed by atoms with E-state index in [4.69, 9.17) is 10.00 Å². The highest BCUT2D eigenvalue weighted by molar-refractivity contribution is 5.76. The predicted octanol–water partition coefficient (Wildman–Crippen LogP) is 4.61. The first-order valence-corrected chi connectivity index (χ1v) is 11.9. The molecule has 4 rings (SSSR count). The van der Waals surface area contributed by atoms with Crippen molar-refractivity contribution in [2.45, 2.75) is 39.2 Å². The van der Waals surface area contributed by atoms with E-state index in [1.165, 1.54) is 12.4 Å². The van der Waals surface area contributed by atoms with Gasteiger partial charge in [0.05, 0.1) is 18.1 Å². The minimum absolute atomic E-state index is 0.242. The molecule has 1 aromatic carbocycles. The zero-order chi connectivity index (χ0) is 25.5. The fraction of sp³-hybridized carbons (Fsp3) is 0.385. The molecule has 0 radical (unpaired) electrons. The summed E-state index contributed by atoms with van der Waals surface area (Å²) in [6, 6.07) is 13.7. The van der Waals surface area contributed by atoms with Gasteiger partial charge in [-0.05, 0) is 39.5 Å². The molecule has 1 saturated heterocycles. The largest absolute Gasteiger partial charge is 0.444 e. The second kappa shape index (κ2) is 11.0. The molecule has 186 valence electrons. The fourth-order valence-electron chi connectivity index (χ4n) is 3.88. The number of nitrogens with one attached hydrogen (secondary N) is 2. The Bertz CT molecular complexity index is 1210. The van der Waals surface area contributed by atoms with Crippen LogP contribution in [0, 0.1) is 17.2 Å². The first kappa shape index (κ1) is 24.9. The van der Waals surface area contributed by atoms with Crippen molar-refractivity contribution in [3.63, 3.8) is 0 Å². The summed E-state index contributed by atoms with van der Waals surface area (Å²) >= 11 is 0. The smallest absolute Gasteiger partial charge is 0.410 e. The minimum atomic E-state index is -0.493. The second-order valence-corrected chi connectivity index (χ2v) is 9.67. The number of rotatable bonds is 6. The van der Waals surface area contributed by atoms with Crippen LogP contribution in [-0.4, -0.2) is 56.4 Å². The van der Waals surface area contributed by atoms with Gasteiger partial charge in [-0.25, -0.2) is 14.8 Å². The van der Waals surface area contributed by atoms with Crippen LogP contribution < -0.4 is 10.6 Å². The van der Waals surface area contributed by atoms with Crippen molar-refractivity contribution >= 4 is 23.4 Å². The van der Waals surface area contributed by atoms with Crippen LogP contribution in [0.5, 0.6) is 0 Å². The zero-order valence-electron chi connectivity index (χ0n) is 20.7. The molecule has 3 heterocycles. The van der Waals surface area contributed by atoms with E-state index in [0.29, 0.717) is 30.6 Å². The predicted molar refractivity (Wildman–Crippen MR) is 137 cm³/mol. The van der Waals surface area contributed by atoms with Gasteiger partial charge in [-0.1, -0.05) is 30.3 Å². The first-order chi connectivity index (χ1) is 17.3. The molecule has 1 amide bonds. The molecule has 2 aromatic heterocycles. The molecule has 0 bridgehead atoms. The molecule has 1 aliphatic heterocycles. The number of anilines is 3. The van der Waals surface area contributed by atoms with E-state index in [1.807, 2.05) is 63.2 Å². The molecule has 0 saturated carbocycles. The maximum absolute atomic E-state index is 12.4. The number of piperidine rings is 1. The standard InChI is InChI=1S/C26H30N8O2/c1-26(2,3)36-25(35)34-11-9-18(10-12-34)15-29-21-13-22(31-23-17-28-20(14-27)16-30-23)32-33-24(21)19-7-5-4-6-8-19/h4-8,13,16-18H,9-12,15H2,1-3H3,(H2,29,30,31,32). The number of hydrogen-bond donors (Lipinski definition) is 2. The first-order valence-electron chi connectivity index (χ1n) is 11.9. The van der Waals surface area contributed by atoms with Crippen molar-refractivity contribution in [3.8, 4) is 17.3 Å². The monoisotopic (exact) mass is 486 g/mol. The molecule has 1 fully saturated rings. The fourth-order valence-corrected chi connectivity index (χ4v) is 3.88. The Balaban J connectivity index is 1.44. The number of hydrogen-bond acceptors (Lipinski definition) is 9. The van der Waals surface area contributed by atoms with Gasteiger partial charge in [-0.15, -0.1) is 10.2 Å². The average Bonchev–Trinajstić information content (AvgIpc) is 2.88. The van der Waals surface area contributed by atoms with Gasteiger partial charge >= 0.3 is 6.09 Å². The summed E-state index contributed by atoms with van der Waals surface area (Å²) in [5.74, 6) is 1.38. The molecule has 0 unspecified atom stereocenters. The Kier molecular flexibility index (Phi) is 7.59. The highest BCUT2D eigenvalue weighted by atomic mass is 16.6. The highest BCUT2D eigenvalue weighted by Crippen LogP contribution is 2.29. The maximum Gasteiger partial charge on any atom is 0.410 e. The summed E-state index contributed by atoms with van der Waals surface area (Å²) in [7, 11) is 0. The molecule has 36 heavy (non-hydrogen) atoms. The van der Waals surface area contributed by atoms with Crippen LogP contribution in [0.4, 0.5) is 22.1 Å². The van der Waals surface area contributed by atoms with Gasteiger partial charge in [-0.2, -0.15) is 5.26 Å². The van der Waals surface area contributed by atoms with Crippen molar-refractivity contribution in [3.05, 3.63) is 54.5 Å². The summed E-state index contributed by atoms with van der Waals surface area (Å²) in [5, 5.41) is 24.3. The van der Waals surface area contributed by atoms with E-state index in [9.17, 15) is 4.79 Å². The van der Waals surface area contributed by atoms with Crippen LogP contribution in [0.3, 0.4) is 0 Å². The number of nitriles is 1. The van der Waals surface area contributed by atoms with E-state index in [1.54, 1.807) is 4.90 Å². The zero-order valence-corrected chi connectivity index (χ0v) is 20.7. The van der Waals surface area contributed by atoms with E-state index in [2.05, 4.69) is 30.8 Å². The van der Waals surface area contributed by atoms with Crippen LogP contribution >= 0.6 is 0 Å². The minimum Gasteiger partial charge on any atom is -0.444 e. The lowest BCUT2D eigenvalue weighted by atomic mass is 9.97. The lowest BCUT2D eigenvalue weighted by molar-refractivity contribution is 0.0188. The Hall–Kier alpha value is -4.26. The number of ether oxygens (including phenoxy) is 1. The van der Waals surface area contributed by atoms with Gasteiger partial charge in [0.1, 0.15) is 23.2 Å². The molecule has 1 aliphatic rings. The molecular weight excluding hydrogens is 456 g/mol. The average molecular weight is 487 g/mol. The molecule has 2 N–H and O–H groups in total. The topological polar surface area (TPSA) is 129 Å². The van der Waals surface area contributed by atoms with Gasteiger partial charge < -0.3 is 20.3 Å². The third-order valence-electron chi connectivity index (χ3n) is 5.71. The molecule has 3 aromatic rings. The van der Waals surface area contributed by atoms with Crippen molar-refractivity contribution < 1.29 is 9.53 Å². The number of benzene rings is 1. The highest BCUT2D eigenvalue weighted by Gasteiger charge is 2.27. The Morgan fingerprint density at radius 2 is 1.86 bits per heavy atom. The van der Waals surface area contributed by atoms with Gasteiger partial charge in [-0.3, -0.25) is 0 Å². The normalized spacial score (nSPS) is 14.1. The molecular formula is C26H30N8O2. The van der Waals surface area contributed by atoms with Gasteiger partial charge in [0.15, 0.2) is 11.5 Å². The quantitative estimate of drug-likeness (QED) is 0.513. The molecule has 0 aliphatic carbocycles. The van der Waals surface area contributed by atoms with Crippen molar-refractivity contribution in [1.29, 1.82) is 5.26 Å². The van der Waals surface area contributed by atoms with Crippen molar-refractivity contribution in [2.24, 2.45) is 5.92 Å². The summed E-state index contributed by atoms with van der Waals surface area (Å²) < 4.78 is 5.51. The molecule has 0 atom stereocenters. The van der Waals surface area contributed by atoms with Crippen LogP contribution in [-0.2, 0) is 4.74 Å². The summed E-state index contributed by atoms with van der Waals surface area (Å²) in [4.78, 5) is 22.4. The maximum atomic E-state index is 12.4. The number of aromatic nitrogens is 4. The Morgan fingerprint density at radius 1 is 1.11 bits per heavy atom. The summed E-state index contributed by atoms with van der Waals surface area (Å²) in [6.45, 7) is 7.73. The van der Waals surface area contributed by atoms with Gasteiger partial charge in [0.2, 0.25) is 0 Å². The lowest BCUT2D eigenvalue weighted by Gasteiger charge is -2.33. The summed E-state index contributed by atoms with van der Waals surface area (Å²) in [5.41, 5.74) is 2.29. The van der Waals surface area contributed by atoms with Crippen LogP contribution in [0.1, 0.15) is 39.3 Å². The third-order valence-corrected chi connectivity index (χ3v) is 5.71. The number of amides is 1. The number of likely N-dealkylation sites (tertiary alicyclic amines) is 1. The number of nitrogens with zero attached hydrogens (tertiary/aromatic N) is 6. The van der Waals surface area contributed by atoms with Crippen molar-refractivity contribution in [2.75, 3.05) is 30.3 Å². The number of carbonyl (C=O) groups is 1. The number of carbonyl (C=O) groups excluding carboxylic acids is 1. The molecule has 10 heteroatoms. The Labute approximate surface area is 210 Å². The lowest BCUT2D eigenvalue weighted by Crippen LogP contribution is -2.42. The van der Waals surface area contributed by atoms with Gasteiger partial charge in [0.25, 0.3) is 0 Å². The van der Waals surface area contributed by atoms with E-state index in [0.717, 1.165) is 36.3 Å². The SMILES string of the molecule is CC(C)(C)OC(=O)N1CCC(CNc2cc(Nc3cnc(C#N)cn3)nnc2-c2ccccc2)CC1. The Morgan fingerprint density at radius 3 is 2.50 bits per heavy atom. The van der Waals surface area contributed by atoms with Crippen molar-refractivity contribution in [1.82, 2.24) is 25.1 Å². The van der Waals surface area contributed by atoms with E-state index < -0.39 is 5.60 Å². The van der Waals surface area contributed by atoms with Crippen LogP contribution in [0.15, 0.2) is 48.8 Å². The second-order valence-electron chi connectivity index (χ2n) is 9.67. The third kappa shape index (κ3) is 6.66. The van der Waals surface area contributed by atoms with E-state index >= 15 is 0 Å². The van der Waals surface area contributed by atoms with Crippen LogP contribution in [0.2, 0.25) is 0 Å². The summed E-state index contributed by atoms with van der Waals surface area (Å²) in [6.07, 6.45) is 4.41.